The van der Waals surface area contributed by atoms with Gasteiger partial charge in [-0.05, 0) is 55.7 Å². The number of carbonyl (C=O) groups is 3. The van der Waals surface area contributed by atoms with E-state index in [1.54, 1.807) is 18.1 Å². The van der Waals surface area contributed by atoms with Gasteiger partial charge in [-0.1, -0.05) is 55.0 Å². The Kier molecular flexibility index (Phi) is 8.23. The molecule has 0 radical (unpaired) electrons. The van der Waals surface area contributed by atoms with Gasteiger partial charge in [0, 0.05) is 23.4 Å². The van der Waals surface area contributed by atoms with E-state index in [-0.39, 0.29) is 12.3 Å². The maximum Gasteiger partial charge on any atom is 0.311 e. The summed E-state index contributed by atoms with van der Waals surface area (Å²) in [6.07, 6.45) is 1.40. The highest BCUT2D eigenvalue weighted by Crippen LogP contribution is 2.43. The molecule has 192 valence electrons. The van der Waals surface area contributed by atoms with Gasteiger partial charge in [0.05, 0.1) is 19.1 Å². The lowest BCUT2D eigenvalue weighted by molar-refractivity contribution is -0.153. The van der Waals surface area contributed by atoms with Crippen LogP contribution in [-0.2, 0) is 25.5 Å². The summed E-state index contributed by atoms with van der Waals surface area (Å²) in [6.45, 7) is 3.62. The van der Waals surface area contributed by atoms with Crippen LogP contribution in [0.3, 0.4) is 0 Å². The van der Waals surface area contributed by atoms with Gasteiger partial charge in [-0.3, -0.25) is 14.4 Å². The minimum atomic E-state index is -0.674. The van der Waals surface area contributed by atoms with E-state index in [0.29, 0.717) is 29.1 Å². The number of nitrogens with zero attached hydrogens (tertiary/aromatic N) is 1. The Morgan fingerprint density at radius 3 is 2.38 bits per heavy atom. The Morgan fingerprint density at radius 1 is 1.00 bits per heavy atom. The second kappa shape index (κ2) is 11.7. The second-order valence-electron chi connectivity index (χ2n) is 9.14. The van der Waals surface area contributed by atoms with Crippen LogP contribution in [0.1, 0.15) is 42.5 Å². The molecule has 3 aromatic carbocycles. The number of ether oxygens (including phenoxy) is 2. The molecule has 4 rings (SSSR count). The van der Waals surface area contributed by atoms with Gasteiger partial charge < -0.3 is 19.7 Å². The molecule has 2 atom stereocenters. The fourth-order valence-electron chi connectivity index (χ4n) is 4.68. The molecule has 0 aliphatic carbocycles. The van der Waals surface area contributed by atoms with E-state index < -0.39 is 30.4 Å². The summed E-state index contributed by atoms with van der Waals surface area (Å²) in [5.41, 5.74) is 4.27. The number of nitrogens with one attached hydrogen (secondary N) is 1. The van der Waals surface area contributed by atoms with Gasteiger partial charge in [0.25, 0.3) is 5.91 Å². The van der Waals surface area contributed by atoms with Gasteiger partial charge in [-0.25, -0.2) is 0 Å². The Bertz CT molecular complexity index is 1250. The van der Waals surface area contributed by atoms with E-state index in [1.807, 2.05) is 73.7 Å². The number of hydrogen-bond donors (Lipinski definition) is 1. The number of rotatable bonds is 8. The molecule has 7 nitrogen and oxygen atoms in total. The van der Waals surface area contributed by atoms with Crippen molar-refractivity contribution >= 4 is 29.2 Å². The lowest BCUT2D eigenvalue weighted by atomic mass is 9.83. The summed E-state index contributed by atoms with van der Waals surface area (Å²) in [5.74, 6) is -1.14. The minimum Gasteiger partial charge on any atom is -0.496 e. The Balaban J connectivity index is 1.57. The van der Waals surface area contributed by atoms with Crippen molar-refractivity contribution in [2.24, 2.45) is 5.92 Å². The molecule has 0 bridgehead atoms. The molecule has 1 aliphatic heterocycles. The Morgan fingerprint density at radius 2 is 1.70 bits per heavy atom. The highest BCUT2D eigenvalue weighted by Gasteiger charge is 2.43. The predicted molar refractivity (Wildman–Crippen MR) is 143 cm³/mol. The van der Waals surface area contributed by atoms with Crippen molar-refractivity contribution in [2.75, 3.05) is 23.9 Å². The molecule has 0 unspecified atom stereocenters. The highest BCUT2D eigenvalue weighted by atomic mass is 16.5. The van der Waals surface area contributed by atoms with Gasteiger partial charge in [0.15, 0.2) is 6.61 Å². The third kappa shape index (κ3) is 6.00. The third-order valence-electron chi connectivity index (χ3n) is 6.66. The number of benzene rings is 3. The first-order valence-corrected chi connectivity index (χ1v) is 12.5. The molecule has 1 saturated heterocycles. The average molecular weight is 501 g/mol. The van der Waals surface area contributed by atoms with Crippen LogP contribution in [0.15, 0.2) is 72.8 Å². The van der Waals surface area contributed by atoms with Crippen molar-refractivity contribution in [3.63, 3.8) is 0 Å². The van der Waals surface area contributed by atoms with Crippen LogP contribution >= 0.6 is 0 Å². The largest absolute Gasteiger partial charge is 0.496 e. The molecule has 1 fully saturated rings. The van der Waals surface area contributed by atoms with E-state index in [1.165, 1.54) is 0 Å². The number of carbonyl (C=O) groups excluding carboxylic acids is 3. The SMILES string of the molecule is CCc1ccc(NC(=O)COC(=O)[C@H]2CCC(=O)N(c3ccc(C)cc3)[C@@H]2c2ccccc2OC)cc1. The molecule has 1 aliphatic rings. The molecule has 7 heteroatoms. The zero-order valence-electron chi connectivity index (χ0n) is 21.4. The molecular weight excluding hydrogens is 468 g/mol. The van der Waals surface area contributed by atoms with E-state index in [9.17, 15) is 14.4 Å². The predicted octanol–water partition coefficient (Wildman–Crippen LogP) is 5.23. The number of anilines is 2. The number of hydrogen-bond acceptors (Lipinski definition) is 5. The molecule has 37 heavy (non-hydrogen) atoms. The lowest BCUT2D eigenvalue weighted by Crippen LogP contribution is -2.46. The van der Waals surface area contributed by atoms with Crippen molar-refractivity contribution < 1.29 is 23.9 Å². The zero-order chi connectivity index (χ0) is 26.4. The third-order valence-corrected chi connectivity index (χ3v) is 6.66. The normalized spacial score (nSPS) is 17.3. The molecule has 0 aromatic heterocycles. The van der Waals surface area contributed by atoms with Gasteiger partial charge in [-0.15, -0.1) is 0 Å². The molecule has 1 heterocycles. The van der Waals surface area contributed by atoms with Crippen molar-refractivity contribution in [1.82, 2.24) is 0 Å². The average Bonchev–Trinajstić information content (AvgIpc) is 2.92. The number of piperidine rings is 1. The molecular formula is C30H32N2O5. The summed E-state index contributed by atoms with van der Waals surface area (Å²) in [7, 11) is 1.56. The fraction of sp³-hybridized carbons (Fsp3) is 0.300. The second-order valence-corrected chi connectivity index (χ2v) is 9.14. The smallest absolute Gasteiger partial charge is 0.311 e. The van der Waals surface area contributed by atoms with Crippen LogP contribution in [0.5, 0.6) is 5.75 Å². The maximum atomic E-state index is 13.4. The van der Waals surface area contributed by atoms with E-state index in [4.69, 9.17) is 9.47 Å². The zero-order valence-corrected chi connectivity index (χ0v) is 21.4. The first-order chi connectivity index (χ1) is 17.9. The van der Waals surface area contributed by atoms with Crippen molar-refractivity contribution in [1.29, 1.82) is 0 Å². The lowest BCUT2D eigenvalue weighted by Gasteiger charge is -2.40. The van der Waals surface area contributed by atoms with Gasteiger partial charge in [0.1, 0.15) is 5.75 Å². The monoisotopic (exact) mass is 500 g/mol. The summed E-state index contributed by atoms with van der Waals surface area (Å²) >= 11 is 0. The number of aryl methyl sites for hydroxylation is 2. The fourth-order valence-corrected chi connectivity index (χ4v) is 4.68. The van der Waals surface area contributed by atoms with Crippen molar-refractivity contribution in [2.45, 2.75) is 39.2 Å². The summed E-state index contributed by atoms with van der Waals surface area (Å²) in [4.78, 5) is 40.8. The quantitative estimate of drug-likeness (QED) is 0.428. The first-order valence-electron chi connectivity index (χ1n) is 12.5. The topological polar surface area (TPSA) is 84.9 Å². The Labute approximate surface area is 217 Å². The van der Waals surface area contributed by atoms with E-state index >= 15 is 0 Å². The maximum absolute atomic E-state index is 13.4. The van der Waals surface area contributed by atoms with Gasteiger partial charge in [0.2, 0.25) is 5.91 Å². The summed E-state index contributed by atoms with van der Waals surface area (Å²) < 4.78 is 11.1. The van der Waals surface area contributed by atoms with Crippen molar-refractivity contribution in [3.8, 4) is 5.75 Å². The molecule has 0 spiro atoms. The van der Waals surface area contributed by atoms with Gasteiger partial charge in [-0.2, -0.15) is 0 Å². The number of para-hydroxylation sites is 1. The molecule has 1 N–H and O–H groups in total. The van der Waals surface area contributed by atoms with Crippen LogP contribution < -0.4 is 15.0 Å². The van der Waals surface area contributed by atoms with Crippen LogP contribution in [-0.4, -0.2) is 31.5 Å². The van der Waals surface area contributed by atoms with Gasteiger partial charge >= 0.3 is 5.97 Å². The van der Waals surface area contributed by atoms with Crippen molar-refractivity contribution in [3.05, 3.63) is 89.5 Å². The summed E-state index contributed by atoms with van der Waals surface area (Å²) in [6, 6.07) is 21.9. The number of methoxy groups -OCH3 is 1. The number of amides is 2. The van der Waals surface area contributed by atoms with Crippen LogP contribution in [0.25, 0.3) is 0 Å². The standard InChI is InChI=1S/C30H32N2O5/c1-4-21-11-13-22(14-12-21)31-27(33)19-37-30(35)25-17-18-28(34)32(23-15-9-20(2)10-16-23)29(25)24-7-5-6-8-26(24)36-3/h5-16,25,29H,4,17-19H2,1-3H3,(H,31,33)/t25-,29+/m0/s1. The first kappa shape index (κ1) is 25.9. The molecule has 0 saturated carbocycles. The van der Waals surface area contributed by atoms with Crippen LogP contribution in [0, 0.1) is 12.8 Å². The van der Waals surface area contributed by atoms with E-state index in [2.05, 4.69) is 12.2 Å². The Hall–Kier alpha value is -4.13. The number of esters is 1. The molecule has 3 aromatic rings. The van der Waals surface area contributed by atoms with Crippen LogP contribution in [0.2, 0.25) is 0 Å². The van der Waals surface area contributed by atoms with Crippen LogP contribution in [0.4, 0.5) is 11.4 Å². The minimum absolute atomic E-state index is 0.0860. The summed E-state index contributed by atoms with van der Waals surface area (Å²) in [5, 5.41) is 2.76. The highest BCUT2D eigenvalue weighted by molar-refractivity contribution is 5.97. The molecule has 2 amide bonds. The van der Waals surface area contributed by atoms with E-state index in [0.717, 1.165) is 17.5 Å².